The molecule has 0 aromatic heterocycles. The average molecular weight is 337 g/mol. The first-order valence-corrected chi connectivity index (χ1v) is 7.28. The third-order valence-corrected chi connectivity index (χ3v) is 4.01. The highest BCUT2D eigenvalue weighted by molar-refractivity contribution is 9.10. The number of hydrogen-bond acceptors (Lipinski definition) is 3. The van der Waals surface area contributed by atoms with E-state index in [1.807, 2.05) is 0 Å². The van der Waals surface area contributed by atoms with E-state index < -0.39 is 11.7 Å². The molecule has 20 heavy (non-hydrogen) atoms. The lowest BCUT2D eigenvalue weighted by molar-refractivity contribution is -0.122. The van der Waals surface area contributed by atoms with E-state index in [-0.39, 0.29) is 12.5 Å². The minimum Gasteiger partial charge on any atom is -0.354 e. The molecule has 104 valence electrons. The van der Waals surface area contributed by atoms with Crippen molar-refractivity contribution in [2.45, 2.75) is 12.8 Å². The Morgan fingerprint density at radius 1 is 1.35 bits per heavy atom. The molecule has 1 N–H and O–H groups in total. The second-order valence-corrected chi connectivity index (χ2v) is 6.05. The van der Waals surface area contributed by atoms with Gasteiger partial charge in [-0.15, -0.1) is 0 Å². The van der Waals surface area contributed by atoms with Crippen molar-refractivity contribution < 1.29 is 14.4 Å². The number of nitrogens with zero attached hydrogens (tertiary/aromatic N) is 1. The fourth-order valence-corrected chi connectivity index (χ4v) is 2.57. The lowest BCUT2D eigenvalue weighted by Crippen LogP contribution is -2.40. The molecule has 1 aliphatic carbocycles. The molecule has 2 amide bonds. The zero-order chi connectivity index (χ0) is 14.3. The maximum Gasteiger partial charge on any atom is 0.299 e. The third-order valence-electron chi connectivity index (χ3n) is 3.52. The molecule has 0 saturated heterocycles. The smallest absolute Gasteiger partial charge is 0.299 e. The van der Waals surface area contributed by atoms with Crippen LogP contribution in [-0.2, 0) is 9.59 Å². The third kappa shape index (κ3) is 2.47. The van der Waals surface area contributed by atoms with Crippen LogP contribution in [0.2, 0.25) is 0 Å². The molecule has 6 heteroatoms. The van der Waals surface area contributed by atoms with E-state index in [0.717, 1.165) is 17.3 Å². The summed E-state index contributed by atoms with van der Waals surface area (Å²) in [6.45, 7) is 0.550. The lowest BCUT2D eigenvalue weighted by atomic mass is 10.1. The highest BCUT2D eigenvalue weighted by atomic mass is 79.9. The Hall–Kier alpha value is -1.69. The van der Waals surface area contributed by atoms with Gasteiger partial charge in [0.2, 0.25) is 5.91 Å². The largest absolute Gasteiger partial charge is 0.354 e. The topological polar surface area (TPSA) is 66.5 Å². The average Bonchev–Trinajstić information content (AvgIpc) is 3.22. The SMILES string of the molecule is O=C(CN1C(=O)C(=O)c2cc(Br)ccc21)NCC1CC1. The van der Waals surface area contributed by atoms with Crippen molar-refractivity contribution in [3.05, 3.63) is 28.2 Å². The molecule has 0 atom stereocenters. The first-order valence-electron chi connectivity index (χ1n) is 6.48. The summed E-state index contributed by atoms with van der Waals surface area (Å²) < 4.78 is 0.734. The number of hydrogen-bond donors (Lipinski definition) is 1. The van der Waals surface area contributed by atoms with Gasteiger partial charge >= 0.3 is 0 Å². The predicted octanol–water partition coefficient (Wildman–Crippen LogP) is 1.50. The fourth-order valence-electron chi connectivity index (χ4n) is 2.21. The van der Waals surface area contributed by atoms with Crippen molar-refractivity contribution in [3.63, 3.8) is 0 Å². The lowest BCUT2D eigenvalue weighted by Gasteiger charge is -2.16. The standard InChI is InChI=1S/C14H13BrN2O3/c15-9-3-4-11-10(5-9)13(19)14(20)17(11)7-12(18)16-6-8-1-2-8/h3-5,8H,1-2,6-7H2,(H,16,18). The Labute approximate surface area is 124 Å². The number of halogens is 1. The molecule has 1 aromatic carbocycles. The van der Waals surface area contributed by atoms with Gasteiger partial charge in [0.05, 0.1) is 11.3 Å². The first kappa shape index (κ1) is 13.3. The summed E-state index contributed by atoms with van der Waals surface area (Å²) >= 11 is 3.27. The number of nitrogens with one attached hydrogen (secondary N) is 1. The van der Waals surface area contributed by atoms with Crippen molar-refractivity contribution in [2.75, 3.05) is 18.0 Å². The molecular formula is C14H13BrN2O3. The summed E-state index contributed by atoms with van der Waals surface area (Å²) in [6, 6.07) is 5.04. The Morgan fingerprint density at radius 2 is 2.10 bits per heavy atom. The predicted molar refractivity (Wildman–Crippen MR) is 76.6 cm³/mol. The molecular weight excluding hydrogens is 324 g/mol. The highest BCUT2D eigenvalue weighted by Crippen LogP contribution is 2.31. The van der Waals surface area contributed by atoms with Gasteiger partial charge in [-0.25, -0.2) is 0 Å². The molecule has 1 aliphatic heterocycles. The molecule has 0 radical (unpaired) electrons. The molecule has 2 aliphatic rings. The van der Waals surface area contributed by atoms with Crippen molar-refractivity contribution in [3.8, 4) is 0 Å². The summed E-state index contributed by atoms with van der Waals surface area (Å²) in [4.78, 5) is 36.9. The summed E-state index contributed by atoms with van der Waals surface area (Å²) in [5, 5.41) is 2.80. The molecule has 1 aromatic rings. The zero-order valence-corrected chi connectivity index (χ0v) is 12.3. The second-order valence-electron chi connectivity index (χ2n) is 5.13. The van der Waals surface area contributed by atoms with Crippen LogP contribution in [0.3, 0.4) is 0 Å². The van der Waals surface area contributed by atoms with Gasteiger partial charge < -0.3 is 5.32 Å². The summed E-state index contributed by atoms with van der Waals surface area (Å²) in [5.41, 5.74) is 0.851. The van der Waals surface area contributed by atoms with Crippen molar-refractivity contribution in [1.82, 2.24) is 5.32 Å². The van der Waals surface area contributed by atoms with Crippen LogP contribution in [-0.4, -0.2) is 30.7 Å². The van der Waals surface area contributed by atoms with Gasteiger partial charge in [0.1, 0.15) is 6.54 Å². The van der Waals surface area contributed by atoms with E-state index in [1.165, 1.54) is 4.90 Å². The van der Waals surface area contributed by atoms with E-state index in [0.29, 0.717) is 23.7 Å². The number of anilines is 1. The maximum absolute atomic E-state index is 11.9. The first-order chi connectivity index (χ1) is 9.56. The number of benzene rings is 1. The number of amides is 2. The Balaban J connectivity index is 1.74. The van der Waals surface area contributed by atoms with Gasteiger partial charge in [0, 0.05) is 11.0 Å². The van der Waals surface area contributed by atoms with Crippen LogP contribution >= 0.6 is 15.9 Å². The van der Waals surface area contributed by atoms with Gasteiger partial charge in [-0.1, -0.05) is 15.9 Å². The highest BCUT2D eigenvalue weighted by Gasteiger charge is 2.37. The minimum absolute atomic E-state index is 0.105. The second kappa shape index (κ2) is 5.01. The van der Waals surface area contributed by atoms with Crippen molar-refractivity contribution in [1.29, 1.82) is 0 Å². The fraction of sp³-hybridized carbons (Fsp3) is 0.357. The normalized spacial score (nSPS) is 17.4. The number of rotatable bonds is 4. The zero-order valence-electron chi connectivity index (χ0n) is 10.7. The van der Waals surface area contributed by atoms with E-state index in [1.54, 1.807) is 18.2 Å². The van der Waals surface area contributed by atoms with Crippen LogP contribution < -0.4 is 10.2 Å². The van der Waals surface area contributed by atoms with Gasteiger partial charge in [-0.2, -0.15) is 0 Å². The molecule has 1 heterocycles. The molecule has 1 fully saturated rings. The number of carbonyl (C=O) groups is 3. The Bertz CT molecular complexity index is 610. The molecule has 0 unspecified atom stereocenters. The van der Waals surface area contributed by atoms with Crippen LogP contribution in [0.1, 0.15) is 23.2 Å². The van der Waals surface area contributed by atoms with E-state index >= 15 is 0 Å². The molecule has 0 bridgehead atoms. The summed E-state index contributed by atoms with van der Waals surface area (Å²) in [5.74, 6) is -0.845. The number of ketones is 1. The van der Waals surface area contributed by atoms with Gasteiger partial charge in [0.25, 0.3) is 11.7 Å². The Morgan fingerprint density at radius 3 is 2.80 bits per heavy atom. The van der Waals surface area contributed by atoms with E-state index in [4.69, 9.17) is 0 Å². The number of carbonyl (C=O) groups excluding carboxylic acids is 3. The van der Waals surface area contributed by atoms with Gasteiger partial charge in [0.15, 0.2) is 0 Å². The molecule has 3 rings (SSSR count). The molecule has 5 nitrogen and oxygen atoms in total. The van der Waals surface area contributed by atoms with Crippen molar-refractivity contribution in [2.24, 2.45) is 5.92 Å². The summed E-state index contributed by atoms with van der Waals surface area (Å²) in [6.07, 6.45) is 2.30. The number of fused-ring (bicyclic) bond motifs is 1. The van der Waals surface area contributed by atoms with Crippen molar-refractivity contribution >= 4 is 39.2 Å². The molecule has 0 spiro atoms. The monoisotopic (exact) mass is 336 g/mol. The summed E-state index contributed by atoms with van der Waals surface area (Å²) in [7, 11) is 0. The van der Waals surface area contributed by atoms with E-state index in [2.05, 4.69) is 21.2 Å². The number of Topliss-reactive ketones (excluding diaryl/α,β-unsaturated/α-hetero) is 1. The minimum atomic E-state index is -0.639. The maximum atomic E-state index is 11.9. The van der Waals surface area contributed by atoms with Gasteiger partial charge in [-0.05, 0) is 37.0 Å². The van der Waals surface area contributed by atoms with Crippen LogP contribution in [0.5, 0.6) is 0 Å². The van der Waals surface area contributed by atoms with Crippen LogP contribution in [0.25, 0.3) is 0 Å². The molecule has 1 saturated carbocycles. The van der Waals surface area contributed by atoms with Crippen LogP contribution in [0.4, 0.5) is 5.69 Å². The van der Waals surface area contributed by atoms with Gasteiger partial charge in [-0.3, -0.25) is 19.3 Å². The Kier molecular flexibility index (Phi) is 3.33. The quantitative estimate of drug-likeness (QED) is 0.847. The van der Waals surface area contributed by atoms with Crippen LogP contribution in [0.15, 0.2) is 22.7 Å². The van der Waals surface area contributed by atoms with E-state index in [9.17, 15) is 14.4 Å². The van der Waals surface area contributed by atoms with Crippen LogP contribution in [0, 0.1) is 5.92 Å².